The Balaban J connectivity index is -0.00000129. The molecule has 5 fully saturated rings. The number of ether oxygens (including phenoxy) is 10. The molecule has 0 saturated carbocycles. The Morgan fingerprint density at radius 1 is 0.531 bits per heavy atom. The van der Waals surface area contributed by atoms with E-state index in [0.717, 1.165) is 139 Å². The van der Waals surface area contributed by atoms with E-state index < -0.39 is 70.4 Å². The summed E-state index contributed by atoms with van der Waals surface area (Å²) in [6.45, 7) is 44.2. The van der Waals surface area contributed by atoms with Gasteiger partial charge in [-0.2, -0.15) is 0 Å². The number of carboxylic acid groups (broad SMARTS) is 2. The number of halogens is 1. The number of carbonyl (C=O) groups is 9. The summed E-state index contributed by atoms with van der Waals surface area (Å²) in [5, 5.41) is 25.1. The fourth-order valence-corrected chi connectivity index (χ4v) is 12.3. The molecule has 3 amide bonds. The minimum atomic E-state index is -1.03. The molecule has 5 atom stereocenters. The van der Waals surface area contributed by atoms with Crippen molar-refractivity contribution in [2.45, 2.75) is 297 Å². The number of rotatable bonds is 20. The van der Waals surface area contributed by atoms with E-state index >= 15 is 0 Å². The first-order valence-electron chi connectivity index (χ1n) is 38.2. The number of nitrogens with two attached hydrogens (primary N) is 1. The van der Waals surface area contributed by atoms with E-state index in [1.165, 1.54) is 13.8 Å². The maximum Gasteiger partial charge on any atom is 0.408 e. The number of nitrogens with one attached hydrogen (secondary N) is 3. The second kappa shape index (κ2) is 55.4. The molecular formula is C81H147ClN10O21. The van der Waals surface area contributed by atoms with E-state index in [1.807, 2.05) is 68.5 Å². The zero-order valence-electron chi connectivity index (χ0n) is 69.4. The highest BCUT2D eigenvalue weighted by Gasteiger charge is 2.38. The SMILES string of the molecule is C.C.C.CC(=O)CCl.CC(=O)COC(=O)[C@H](CC(=O)OC(C)(C)C)C1CCOCC1.CC(=O)O.CC(C)(C)OC(=O)N[C@@H](C(=O)O)C1CCOCC1.CC1=CCC([C@H](NC(=O)OC(C)(C)C)C2CCOCC2)=N1.CCn1cc(C)nc1[C@H](N)C1CCOCC1.CCn1cc(C)nc1[C@H](NC(=O)OC(C)(C)C)C1CCOCC1.N. The van der Waals surface area contributed by atoms with Gasteiger partial charge < -0.3 is 94.6 Å². The van der Waals surface area contributed by atoms with Crippen molar-refractivity contribution in [3.8, 4) is 0 Å². The summed E-state index contributed by atoms with van der Waals surface area (Å²) in [4.78, 5) is 115. The Labute approximate surface area is 679 Å². The largest absolute Gasteiger partial charge is 0.481 e. The van der Waals surface area contributed by atoms with Crippen molar-refractivity contribution in [3.63, 3.8) is 0 Å². The summed E-state index contributed by atoms with van der Waals surface area (Å²) >= 11 is 4.99. The molecule has 5 saturated heterocycles. The van der Waals surface area contributed by atoms with Crippen LogP contribution in [0, 0.1) is 49.4 Å². The number of alkyl halides is 1. The van der Waals surface area contributed by atoms with Crippen LogP contribution in [0.15, 0.2) is 29.2 Å². The average Bonchev–Trinajstić information content (AvgIpc) is 2.01. The lowest BCUT2D eigenvalue weighted by Crippen LogP contribution is -2.49. The first-order chi connectivity index (χ1) is 50.8. The van der Waals surface area contributed by atoms with Crippen LogP contribution in [0.1, 0.15) is 259 Å². The smallest absolute Gasteiger partial charge is 0.408 e. The molecule has 0 radical (unpaired) electrons. The number of aliphatic imine (C=N–C) groups is 1. The number of amides is 3. The number of imidazole rings is 2. The molecule has 32 heteroatoms. The Kier molecular flexibility index (Phi) is 54.0. The third-order valence-electron chi connectivity index (χ3n) is 17.2. The molecule has 8 rings (SSSR count). The van der Waals surface area contributed by atoms with Crippen LogP contribution in [-0.4, -0.2) is 202 Å². The topological polar surface area (TPSA) is 432 Å². The molecule has 8 heterocycles. The Hall–Kier alpha value is -7.13. The highest BCUT2D eigenvalue weighted by Crippen LogP contribution is 2.33. The molecule has 0 unspecified atom stereocenters. The third-order valence-corrected chi connectivity index (χ3v) is 17.6. The number of ketones is 2. The van der Waals surface area contributed by atoms with Gasteiger partial charge in [0.15, 0.2) is 5.78 Å². The molecule has 2 aromatic heterocycles. The van der Waals surface area contributed by atoms with Gasteiger partial charge >= 0.3 is 36.2 Å². The molecule has 0 aromatic carbocycles. The van der Waals surface area contributed by atoms with Crippen LogP contribution in [0.25, 0.3) is 0 Å². The van der Waals surface area contributed by atoms with Gasteiger partial charge in [-0.25, -0.2) is 29.1 Å². The van der Waals surface area contributed by atoms with Gasteiger partial charge in [0.05, 0.1) is 47.7 Å². The van der Waals surface area contributed by atoms with Gasteiger partial charge in [0, 0.05) is 116 Å². The van der Waals surface area contributed by atoms with E-state index in [9.17, 15) is 38.4 Å². The van der Waals surface area contributed by atoms with Crippen molar-refractivity contribution >= 4 is 71.0 Å². The number of Topliss-reactive ketones (excluding diaryl/α,β-unsaturated/α-hetero) is 2. The predicted octanol–water partition coefficient (Wildman–Crippen LogP) is 14.2. The number of aromatic nitrogens is 4. The number of nitrogens with zero attached hydrogens (tertiary/aromatic N) is 5. The second-order valence-corrected chi connectivity index (χ2v) is 32.0. The Morgan fingerprint density at radius 2 is 0.867 bits per heavy atom. The summed E-state index contributed by atoms with van der Waals surface area (Å²) in [5.74, 6) is -0.418. The number of aliphatic carboxylic acids is 2. The number of allylic oxidation sites excluding steroid dienone is 2. The van der Waals surface area contributed by atoms with Gasteiger partial charge in [-0.05, 0) is 225 Å². The normalized spacial score (nSPS) is 17.5. The third kappa shape index (κ3) is 47.5. The highest BCUT2D eigenvalue weighted by molar-refractivity contribution is 6.27. The van der Waals surface area contributed by atoms with Crippen LogP contribution in [0.4, 0.5) is 14.4 Å². The monoisotopic (exact) mass is 1630 g/mol. The van der Waals surface area contributed by atoms with Crippen molar-refractivity contribution < 1.29 is 101 Å². The Bertz CT molecular complexity index is 3170. The number of carboxylic acids is 2. The van der Waals surface area contributed by atoms with Crippen molar-refractivity contribution in [2.24, 2.45) is 46.2 Å². The van der Waals surface area contributed by atoms with Crippen molar-refractivity contribution in [3.05, 3.63) is 47.2 Å². The van der Waals surface area contributed by atoms with Gasteiger partial charge in [0.25, 0.3) is 5.97 Å². The average molecular weight is 1630 g/mol. The number of esters is 2. The van der Waals surface area contributed by atoms with Gasteiger partial charge in [-0.3, -0.25) is 29.0 Å². The standard InChI is InChI=1S/C17H29N3O3.C16H26N2O3.C16H26O6.C12H21N3O.C12H21NO5.C3H5ClO.C2H4O2.3CH4.H3N/c1-6-20-11-12(2)18-15(20)14(13-7-9-22-10-8-13)19-16(21)23-17(3,4)5;1-11-5-6-13(17-11)14(12-7-9-20-10-8-12)18-15(19)21-16(2,3)4;1-11(17)10-21-15(19)13(12-5-7-20-8-6-12)9-14(18)22-16(2,3)4;1-3-15-8-9(2)14-12(15)11(13)10-4-6-16-7-5-10;1-12(2,3)18-11(16)13-9(10(14)15)8-4-6-17-7-5-8;1-3(5)2-4;1-2(3)4;;;;/h11,13-14H,6-10H2,1-5H3,(H,19,21);5,12,14H,6-10H2,1-4H3,(H,18,19);12-13H,5-10H2,1-4H3;8,10-11H,3-7,13H2,1-2H3;8-9H,4-7H2,1-3H3,(H,13,16)(H,14,15);2H2,1H3;1H3,(H,3,4);3*1H4;1H3/t2*14-;13-;11-;9-;;;;;;/m11111....../s1. The number of hydrogen-bond acceptors (Lipinski definition) is 24. The van der Waals surface area contributed by atoms with Crippen LogP contribution in [0.5, 0.6) is 0 Å². The molecule has 113 heavy (non-hydrogen) atoms. The lowest BCUT2D eigenvalue weighted by Gasteiger charge is -2.32. The first kappa shape index (κ1) is 110. The second-order valence-electron chi connectivity index (χ2n) is 31.8. The van der Waals surface area contributed by atoms with E-state index in [4.69, 9.17) is 79.7 Å². The first-order valence-corrected chi connectivity index (χ1v) is 38.7. The molecule has 0 spiro atoms. The van der Waals surface area contributed by atoms with Crippen molar-refractivity contribution in [2.75, 3.05) is 78.6 Å². The quantitative estimate of drug-likeness (QED) is 0.0368. The molecule has 2 aromatic rings. The van der Waals surface area contributed by atoms with E-state index in [-0.39, 0.29) is 95.0 Å². The zero-order valence-corrected chi connectivity index (χ0v) is 70.2. The van der Waals surface area contributed by atoms with Crippen LogP contribution in [-0.2, 0) is 89.2 Å². The number of aryl methyl sites for hydroxylation is 4. The molecular weight excluding hydrogens is 1480 g/mol. The maximum atomic E-state index is 12.3. The fraction of sp³-hybridized carbons (Fsp3) is 0.778. The number of carbonyl (C=O) groups excluding carboxylic acids is 7. The van der Waals surface area contributed by atoms with Gasteiger partial charge in [-0.15, -0.1) is 11.6 Å². The Morgan fingerprint density at radius 3 is 1.21 bits per heavy atom. The van der Waals surface area contributed by atoms with Gasteiger partial charge in [-0.1, -0.05) is 28.4 Å². The highest BCUT2D eigenvalue weighted by atomic mass is 35.5. The minimum Gasteiger partial charge on any atom is -0.481 e. The van der Waals surface area contributed by atoms with Gasteiger partial charge in [0.1, 0.15) is 52.5 Å². The predicted molar refractivity (Wildman–Crippen MR) is 437 cm³/mol. The molecule has 6 aliphatic heterocycles. The molecule has 6 aliphatic rings. The van der Waals surface area contributed by atoms with Crippen LogP contribution in [0.3, 0.4) is 0 Å². The lowest BCUT2D eigenvalue weighted by atomic mass is 9.84. The fourth-order valence-electron chi connectivity index (χ4n) is 12.3. The lowest BCUT2D eigenvalue weighted by molar-refractivity contribution is -0.164. The van der Waals surface area contributed by atoms with Crippen LogP contribution in [0.2, 0.25) is 0 Å². The van der Waals surface area contributed by atoms with Crippen molar-refractivity contribution in [1.29, 1.82) is 0 Å². The van der Waals surface area contributed by atoms with Crippen molar-refractivity contribution in [1.82, 2.24) is 41.2 Å². The minimum absolute atomic E-state index is 0. The molecule has 0 bridgehead atoms. The van der Waals surface area contributed by atoms with Crippen LogP contribution >= 0.6 is 11.6 Å². The molecule has 10 N–H and O–H groups in total. The van der Waals surface area contributed by atoms with E-state index in [0.29, 0.717) is 69.9 Å². The number of hydrogen-bond donors (Lipinski definition) is 7. The van der Waals surface area contributed by atoms with E-state index in [1.54, 1.807) is 41.5 Å². The summed E-state index contributed by atoms with van der Waals surface area (Å²) in [6.07, 6.45) is 14.0. The van der Waals surface area contributed by atoms with Crippen LogP contribution < -0.4 is 27.8 Å². The molecule has 654 valence electrons. The summed E-state index contributed by atoms with van der Waals surface area (Å²) in [6, 6.07) is -1.07. The zero-order chi connectivity index (χ0) is 82.4. The van der Waals surface area contributed by atoms with Gasteiger partial charge in [0.2, 0.25) is 0 Å². The summed E-state index contributed by atoms with van der Waals surface area (Å²) in [7, 11) is 0. The van der Waals surface area contributed by atoms with E-state index in [2.05, 4.69) is 66.2 Å². The summed E-state index contributed by atoms with van der Waals surface area (Å²) in [5.41, 5.74) is 8.16. The molecule has 0 aliphatic carbocycles. The molecule has 31 nitrogen and oxygen atoms in total. The maximum absolute atomic E-state index is 12.3. The summed E-state index contributed by atoms with van der Waals surface area (Å²) < 4.78 is 57.2. The number of alkyl carbamates (subject to hydrolysis) is 3.